The van der Waals surface area contributed by atoms with E-state index in [0.29, 0.717) is 0 Å². The molecule has 0 radical (unpaired) electrons. The first-order valence-corrected chi connectivity index (χ1v) is 6.99. The summed E-state index contributed by atoms with van der Waals surface area (Å²) in [6, 6.07) is 4.02. The van der Waals surface area contributed by atoms with Crippen LogP contribution in [0.4, 0.5) is 0 Å². The van der Waals surface area contributed by atoms with Gasteiger partial charge >= 0.3 is 0 Å². The molecule has 0 amide bonds. The lowest BCUT2D eigenvalue weighted by atomic mass is 9.91. The minimum atomic E-state index is -0.502. The summed E-state index contributed by atoms with van der Waals surface area (Å²) in [6.07, 6.45) is 0. The van der Waals surface area contributed by atoms with Crippen molar-refractivity contribution in [2.24, 2.45) is 5.73 Å². The molecule has 1 aromatic carbocycles. The minimum Gasteiger partial charge on any atom is -0.461 e. The van der Waals surface area contributed by atoms with E-state index in [1.54, 1.807) is 0 Å². The number of benzene rings is 1. The molecular formula is C15H16BrNO2. The van der Waals surface area contributed by atoms with E-state index in [9.17, 15) is 0 Å². The largest absolute Gasteiger partial charge is 0.461 e. The second-order valence-corrected chi connectivity index (χ2v) is 6.40. The molecule has 2 N–H and O–H groups in total. The third-order valence-electron chi connectivity index (χ3n) is 3.29. The van der Waals surface area contributed by atoms with Gasteiger partial charge in [-0.25, -0.2) is 0 Å². The Morgan fingerprint density at radius 3 is 2.11 bits per heavy atom. The fourth-order valence-corrected chi connectivity index (χ4v) is 3.20. The predicted octanol–water partition coefficient (Wildman–Crippen LogP) is 4.75. The highest BCUT2D eigenvalue weighted by atomic mass is 79.9. The molecule has 0 aliphatic heterocycles. The van der Waals surface area contributed by atoms with E-state index >= 15 is 0 Å². The summed E-state index contributed by atoms with van der Waals surface area (Å²) in [4.78, 5) is 0. The van der Waals surface area contributed by atoms with E-state index in [1.165, 1.54) is 0 Å². The summed E-state index contributed by atoms with van der Waals surface area (Å²) >= 11 is 3.62. The van der Waals surface area contributed by atoms with Gasteiger partial charge in [-0.1, -0.05) is 0 Å². The maximum Gasteiger partial charge on any atom is 0.149 e. The van der Waals surface area contributed by atoms with Crippen molar-refractivity contribution in [2.75, 3.05) is 0 Å². The van der Waals surface area contributed by atoms with Crippen LogP contribution >= 0.6 is 15.9 Å². The maximum atomic E-state index is 6.34. The summed E-state index contributed by atoms with van der Waals surface area (Å²) in [5.41, 5.74) is 8.50. The number of aryl methyl sites for hydroxylation is 2. The lowest BCUT2D eigenvalue weighted by Gasteiger charge is -2.20. The molecule has 2 heterocycles. The van der Waals surface area contributed by atoms with Gasteiger partial charge in [0.1, 0.15) is 22.7 Å². The highest BCUT2D eigenvalue weighted by Gasteiger charge is 2.27. The fraction of sp³-hybridized carbons (Fsp3) is 0.333. The molecule has 0 saturated carbocycles. The topological polar surface area (TPSA) is 52.3 Å². The first-order valence-electron chi connectivity index (χ1n) is 6.20. The summed E-state index contributed by atoms with van der Waals surface area (Å²) in [7, 11) is 0. The Morgan fingerprint density at radius 2 is 1.53 bits per heavy atom. The van der Waals surface area contributed by atoms with Crippen LogP contribution in [0.3, 0.4) is 0 Å². The van der Waals surface area contributed by atoms with E-state index in [1.807, 2.05) is 39.8 Å². The van der Waals surface area contributed by atoms with Crippen molar-refractivity contribution < 1.29 is 8.83 Å². The summed E-state index contributed by atoms with van der Waals surface area (Å²) < 4.78 is 12.6. The van der Waals surface area contributed by atoms with Crippen molar-refractivity contribution in [1.29, 1.82) is 0 Å². The first-order chi connectivity index (χ1) is 8.79. The number of furan rings is 2. The SMILES string of the molecule is Cc1cc2c(C(C)(C)N)c3oc(C)cc3c(Br)c2o1. The predicted molar refractivity (Wildman–Crippen MR) is 80.4 cm³/mol. The van der Waals surface area contributed by atoms with Crippen LogP contribution in [0.5, 0.6) is 0 Å². The molecule has 19 heavy (non-hydrogen) atoms. The molecule has 0 bridgehead atoms. The van der Waals surface area contributed by atoms with Crippen LogP contribution in [0.25, 0.3) is 21.9 Å². The molecule has 0 unspecified atom stereocenters. The van der Waals surface area contributed by atoms with Crippen molar-refractivity contribution in [3.8, 4) is 0 Å². The first kappa shape index (κ1) is 12.8. The number of hydrogen-bond acceptors (Lipinski definition) is 3. The standard InChI is InChI=1S/C15H16BrNO2/c1-7-5-9-11(15(3,4)17)13-10(6-8(2)18-13)12(16)14(9)19-7/h5-6H,17H2,1-4H3. The van der Waals surface area contributed by atoms with Gasteiger partial charge in [0.15, 0.2) is 0 Å². The lowest BCUT2D eigenvalue weighted by molar-refractivity contribution is 0.528. The number of fused-ring (bicyclic) bond motifs is 2. The van der Waals surface area contributed by atoms with E-state index in [0.717, 1.165) is 43.5 Å². The lowest BCUT2D eigenvalue weighted by Crippen LogP contribution is -2.29. The molecule has 0 saturated heterocycles. The van der Waals surface area contributed by atoms with Gasteiger partial charge in [-0.3, -0.25) is 0 Å². The Hall–Kier alpha value is -1.26. The van der Waals surface area contributed by atoms with E-state index in [4.69, 9.17) is 14.6 Å². The zero-order valence-electron chi connectivity index (χ0n) is 11.4. The van der Waals surface area contributed by atoms with Crippen LogP contribution in [-0.2, 0) is 5.54 Å². The summed E-state index contributed by atoms with van der Waals surface area (Å²) in [6.45, 7) is 7.84. The van der Waals surface area contributed by atoms with Crippen LogP contribution in [0, 0.1) is 13.8 Å². The molecule has 3 aromatic rings. The Kier molecular flexibility index (Phi) is 2.60. The van der Waals surface area contributed by atoms with Gasteiger partial charge in [0, 0.05) is 21.9 Å². The van der Waals surface area contributed by atoms with E-state index in [2.05, 4.69) is 15.9 Å². The van der Waals surface area contributed by atoms with Crippen molar-refractivity contribution in [1.82, 2.24) is 0 Å². The molecule has 0 atom stereocenters. The Labute approximate surface area is 119 Å². The van der Waals surface area contributed by atoms with Crippen molar-refractivity contribution >= 4 is 37.9 Å². The molecule has 0 fully saturated rings. The summed E-state index contributed by atoms with van der Waals surface area (Å²) in [5.74, 6) is 1.73. The molecule has 0 spiro atoms. The zero-order chi connectivity index (χ0) is 13.9. The van der Waals surface area contributed by atoms with Gasteiger partial charge in [0.25, 0.3) is 0 Å². The Morgan fingerprint density at radius 1 is 1.00 bits per heavy atom. The molecule has 0 aliphatic rings. The fourth-order valence-electron chi connectivity index (χ4n) is 2.61. The number of hydrogen-bond donors (Lipinski definition) is 1. The smallest absolute Gasteiger partial charge is 0.149 e. The van der Waals surface area contributed by atoms with Crippen LogP contribution in [-0.4, -0.2) is 0 Å². The van der Waals surface area contributed by atoms with Crippen LogP contribution in [0.1, 0.15) is 30.9 Å². The normalized spacial score (nSPS) is 12.7. The molecule has 2 aromatic heterocycles. The summed E-state index contributed by atoms with van der Waals surface area (Å²) in [5, 5.41) is 2.02. The van der Waals surface area contributed by atoms with Crippen LogP contribution in [0.15, 0.2) is 25.4 Å². The second-order valence-electron chi connectivity index (χ2n) is 5.61. The van der Waals surface area contributed by atoms with Gasteiger partial charge in [0.05, 0.1) is 4.47 Å². The number of halogens is 1. The molecule has 3 rings (SSSR count). The van der Waals surface area contributed by atoms with Crippen LogP contribution < -0.4 is 5.73 Å². The molecule has 4 heteroatoms. The van der Waals surface area contributed by atoms with Crippen LogP contribution in [0.2, 0.25) is 0 Å². The van der Waals surface area contributed by atoms with Crippen molar-refractivity contribution in [3.63, 3.8) is 0 Å². The average Bonchev–Trinajstić information content (AvgIpc) is 2.80. The second kappa shape index (κ2) is 3.87. The number of rotatable bonds is 1. The van der Waals surface area contributed by atoms with Gasteiger partial charge in [0.2, 0.25) is 0 Å². The molecule has 3 nitrogen and oxygen atoms in total. The van der Waals surface area contributed by atoms with Gasteiger partial charge in [-0.2, -0.15) is 0 Å². The highest BCUT2D eigenvalue weighted by molar-refractivity contribution is 9.10. The molecule has 100 valence electrons. The van der Waals surface area contributed by atoms with Crippen molar-refractivity contribution in [2.45, 2.75) is 33.2 Å². The van der Waals surface area contributed by atoms with E-state index < -0.39 is 5.54 Å². The third-order valence-corrected chi connectivity index (χ3v) is 4.07. The zero-order valence-corrected chi connectivity index (χ0v) is 13.0. The maximum absolute atomic E-state index is 6.34. The van der Waals surface area contributed by atoms with Gasteiger partial charge in [-0.15, -0.1) is 0 Å². The average molecular weight is 322 g/mol. The molecule has 0 aliphatic carbocycles. The number of nitrogens with two attached hydrogens (primary N) is 1. The van der Waals surface area contributed by atoms with E-state index in [-0.39, 0.29) is 0 Å². The van der Waals surface area contributed by atoms with Gasteiger partial charge < -0.3 is 14.6 Å². The minimum absolute atomic E-state index is 0.502. The highest BCUT2D eigenvalue weighted by Crippen LogP contribution is 2.42. The van der Waals surface area contributed by atoms with Crippen molar-refractivity contribution in [3.05, 3.63) is 33.7 Å². The van der Waals surface area contributed by atoms with Gasteiger partial charge in [-0.05, 0) is 55.8 Å². The monoisotopic (exact) mass is 321 g/mol. The molecular weight excluding hydrogens is 306 g/mol. The third kappa shape index (κ3) is 1.82. The Balaban J connectivity index is 2.62. The Bertz CT molecular complexity index is 732. The quantitative estimate of drug-likeness (QED) is 0.703.